The number of ketones is 1. The van der Waals surface area contributed by atoms with Gasteiger partial charge >= 0.3 is 5.97 Å². The molecule has 3 aliphatic heterocycles. The van der Waals surface area contributed by atoms with Crippen LogP contribution in [0.4, 0.5) is 0 Å². The molecule has 3 rings (SSSR count). The molecule has 0 radical (unpaired) electrons. The van der Waals surface area contributed by atoms with Gasteiger partial charge in [0.25, 0.3) is 5.91 Å². The maximum atomic E-state index is 14.2. The Balaban J connectivity index is 2.29. The topological polar surface area (TPSA) is 163 Å². The fraction of sp³-hybridized carbons (Fsp3) is 0.833. The van der Waals surface area contributed by atoms with Crippen LogP contribution in [0.15, 0.2) is 17.1 Å². The number of esters is 1. The lowest BCUT2D eigenvalue weighted by molar-refractivity contribution is -0.296. The summed E-state index contributed by atoms with van der Waals surface area (Å²) in [7, 11) is 5.16. The van der Waals surface area contributed by atoms with E-state index in [1.807, 2.05) is 46.7 Å². The monoisotopic (exact) mass is 696 g/mol. The smallest absolute Gasteiger partial charge is 0.316 e. The first-order valence-corrected chi connectivity index (χ1v) is 17.5. The Labute approximate surface area is 291 Å². The van der Waals surface area contributed by atoms with Gasteiger partial charge in [0.05, 0.1) is 37.1 Å². The van der Waals surface area contributed by atoms with E-state index in [-0.39, 0.29) is 44.8 Å². The van der Waals surface area contributed by atoms with Crippen molar-refractivity contribution in [3.8, 4) is 0 Å². The zero-order valence-corrected chi connectivity index (χ0v) is 31.2. The Kier molecular flexibility index (Phi) is 14.7. The van der Waals surface area contributed by atoms with Crippen LogP contribution in [0.5, 0.6) is 0 Å². The number of rotatable bonds is 6. The van der Waals surface area contributed by atoms with Crippen LogP contribution < -0.4 is 0 Å². The van der Waals surface area contributed by atoms with Crippen LogP contribution in [0.25, 0.3) is 0 Å². The quantitative estimate of drug-likeness (QED) is 0.238. The van der Waals surface area contributed by atoms with Crippen molar-refractivity contribution in [2.45, 2.75) is 129 Å². The van der Waals surface area contributed by atoms with E-state index in [0.717, 1.165) is 0 Å². The van der Waals surface area contributed by atoms with Gasteiger partial charge < -0.3 is 43.5 Å². The fourth-order valence-electron chi connectivity index (χ4n) is 7.73. The standard InChI is InChI=1S/C36H60N2O11/c1-12-26-36(8,43)32-22(4)28(37-27(39)19-44-11)20(2)18-35(7,46-16-14-13-15-45-32)31(23(5)29(40)24(6)33(42)48-26)49-34-30(41)25(38(9)10)17-21(3)47-34/h13-14,20-26,30-32,34,41,43H,12,15-19H2,1-11H3/b14-13+,37-28?/t20-,21-,22+,23+,24?,25+,26-,30-,31-,32-,34+,35+,36-/m1/s1. The molecular formula is C36H60N2O11. The van der Waals surface area contributed by atoms with E-state index in [2.05, 4.69) is 4.99 Å². The number of nitrogens with zero attached hydrogens (tertiary/aromatic N) is 2. The summed E-state index contributed by atoms with van der Waals surface area (Å²) >= 11 is 0. The van der Waals surface area contributed by atoms with Crippen molar-refractivity contribution in [2.75, 3.05) is 41.0 Å². The summed E-state index contributed by atoms with van der Waals surface area (Å²) < 4.78 is 36.7. The molecular weight excluding hydrogens is 636 g/mol. The molecule has 13 heteroatoms. The molecule has 2 saturated heterocycles. The van der Waals surface area contributed by atoms with Crippen LogP contribution >= 0.6 is 0 Å². The van der Waals surface area contributed by atoms with Crippen molar-refractivity contribution >= 4 is 23.4 Å². The summed E-state index contributed by atoms with van der Waals surface area (Å²) in [5.74, 6) is -5.07. The lowest BCUT2D eigenvalue weighted by Crippen LogP contribution is -2.60. The molecule has 0 spiro atoms. The fourth-order valence-corrected chi connectivity index (χ4v) is 7.73. The van der Waals surface area contributed by atoms with Gasteiger partial charge in [-0.2, -0.15) is 0 Å². The van der Waals surface area contributed by atoms with Crippen LogP contribution in [0.1, 0.15) is 74.7 Å². The minimum absolute atomic E-state index is 0.0838. The Morgan fingerprint density at radius 2 is 1.73 bits per heavy atom. The molecule has 1 unspecified atom stereocenters. The number of carbonyl (C=O) groups is 3. The lowest BCUT2D eigenvalue weighted by atomic mass is 9.73. The molecule has 0 aromatic rings. The van der Waals surface area contributed by atoms with Crippen LogP contribution in [0.3, 0.4) is 0 Å². The number of aliphatic imine (C=N–C) groups is 1. The molecule has 0 saturated carbocycles. The Morgan fingerprint density at radius 1 is 1.08 bits per heavy atom. The maximum absolute atomic E-state index is 14.2. The number of amides is 1. The number of methoxy groups -OCH3 is 1. The van der Waals surface area contributed by atoms with Gasteiger partial charge in [-0.15, -0.1) is 0 Å². The molecule has 13 atom stereocenters. The molecule has 0 aromatic carbocycles. The van der Waals surface area contributed by atoms with Crippen LogP contribution in [0, 0.1) is 23.7 Å². The van der Waals surface area contributed by atoms with Crippen molar-refractivity contribution in [1.29, 1.82) is 0 Å². The van der Waals surface area contributed by atoms with Gasteiger partial charge in [-0.05, 0) is 67.0 Å². The van der Waals surface area contributed by atoms with Crippen molar-refractivity contribution in [3.05, 3.63) is 12.2 Å². The van der Waals surface area contributed by atoms with Gasteiger partial charge in [-0.1, -0.05) is 39.8 Å². The average Bonchev–Trinajstić information content (AvgIpc) is 3.03. The largest absolute Gasteiger partial charge is 0.459 e. The third kappa shape index (κ3) is 9.62. The van der Waals surface area contributed by atoms with Gasteiger partial charge in [0.1, 0.15) is 30.3 Å². The maximum Gasteiger partial charge on any atom is 0.316 e. The second-order valence-corrected chi connectivity index (χ2v) is 14.7. The number of aliphatic hydroxyl groups is 2. The SMILES string of the molecule is CC[C@H]1OC(=O)C(C)C(=O)[C@H](C)[C@@H](O[C@@H]2O[C@H](C)C[C@H](N(C)C)[C@H]2O)[C@]2(C)C[C@@H](C)C(=NC(=O)COC)[C@H](C)[C@@H](OC/C=C/CO2)[C@]1(C)O. The van der Waals surface area contributed by atoms with Crippen molar-refractivity contribution in [3.63, 3.8) is 0 Å². The van der Waals surface area contributed by atoms with Gasteiger partial charge in [0, 0.05) is 30.7 Å². The van der Waals surface area contributed by atoms with Gasteiger partial charge in [-0.3, -0.25) is 14.4 Å². The lowest BCUT2D eigenvalue weighted by Gasteiger charge is -2.48. The number of cyclic esters (lactones) is 1. The Morgan fingerprint density at radius 3 is 2.35 bits per heavy atom. The molecule has 2 N–H and O–H groups in total. The predicted molar refractivity (Wildman–Crippen MR) is 182 cm³/mol. The number of hydrogen-bond donors (Lipinski definition) is 2. The third-order valence-corrected chi connectivity index (χ3v) is 10.4. The first-order valence-electron chi connectivity index (χ1n) is 17.5. The minimum Gasteiger partial charge on any atom is -0.459 e. The Hall–Kier alpha value is -2.10. The second-order valence-electron chi connectivity index (χ2n) is 14.7. The van der Waals surface area contributed by atoms with E-state index in [4.69, 9.17) is 28.4 Å². The molecule has 1 amide bonds. The zero-order valence-electron chi connectivity index (χ0n) is 31.2. The van der Waals surface area contributed by atoms with Gasteiger partial charge in [-0.25, -0.2) is 4.99 Å². The highest BCUT2D eigenvalue weighted by molar-refractivity contribution is 6.00. The molecule has 2 bridgehead atoms. The number of hydrogen-bond acceptors (Lipinski definition) is 12. The number of carbonyl (C=O) groups excluding carboxylic acids is 3. The van der Waals surface area contributed by atoms with Crippen LogP contribution in [-0.2, 0) is 42.8 Å². The van der Waals surface area contributed by atoms with Crippen LogP contribution in [-0.4, -0.2) is 134 Å². The summed E-state index contributed by atoms with van der Waals surface area (Å²) in [6, 6.07) is -0.277. The highest BCUT2D eigenvalue weighted by Gasteiger charge is 2.52. The van der Waals surface area contributed by atoms with E-state index in [1.54, 1.807) is 32.9 Å². The molecule has 13 nitrogen and oxygen atoms in total. The van der Waals surface area contributed by atoms with Crippen molar-refractivity contribution < 1.29 is 53.0 Å². The van der Waals surface area contributed by atoms with E-state index >= 15 is 0 Å². The minimum atomic E-state index is -1.75. The third-order valence-electron chi connectivity index (χ3n) is 10.4. The van der Waals surface area contributed by atoms with E-state index in [0.29, 0.717) is 12.1 Å². The summed E-state index contributed by atoms with van der Waals surface area (Å²) in [4.78, 5) is 47.3. The van der Waals surface area contributed by atoms with E-state index < -0.39 is 83.2 Å². The number of Topliss-reactive ketones (excluding diaryl/α,β-unsaturated/α-hetero) is 1. The average molecular weight is 697 g/mol. The molecule has 3 aliphatic rings. The highest BCUT2D eigenvalue weighted by atomic mass is 16.7. The van der Waals surface area contributed by atoms with E-state index in [9.17, 15) is 24.6 Å². The molecule has 3 heterocycles. The number of aliphatic hydroxyl groups excluding tert-OH is 1. The first-order chi connectivity index (χ1) is 22.9. The van der Waals surface area contributed by atoms with Gasteiger partial charge in [0.2, 0.25) is 0 Å². The first kappa shape index (κ1) is 41.3. The molecule has 49 heavy (non-hydrogen) atoms. The molecule has 0 aromatic heterocycles. The van der Waals surface area contributed by atoms with Crippen molar-refractivity contribution in [2.24, 2.45) is 28.7 Å². The Bertz CT molecular complexity index is 1210. The molecule has 0 aliphatic carbocycles. The van der Waals surface area contributed by atoms with E-state index in [1.165, 1.54) is 14.0 Å². The summed E-state index contributed by atoms with van der Waals surface area (Å²) in [6.45, 7) is 13.9. The second kappa shape index (κ2) is 17.4. The highest BCUT2D eigenvalue weighted by Crippen LogP contribution is 2.39. The summed E-state index contributed by atoms with van der Waals surface area (Å²) in [5, 5.41) is 23.6. The normalized spacial score (nSPS) is 43.2. The number of likely N-dealkylation sites (N-methyl/N-ethyl adjacent to an activating group) is 1. The number of fused-ring (bicyclic) bond motifs is 5. The predicted octanol–water partition coefficient (Wildman–Crippen LogP) is 2.73. The zero-order chi connectivity index (χ0) is 36.8. The summed E-state index contributed by atoms with van der Waals surface area (Å²) in [6.07, 6.45) is -0.933. The number of ether oxygens (including phenoxy) is 6. The van der Waals surface area contributed by atoms with Crippen LogP contribution in [0.2, 0.25) is 0 Å². The molecule has 280 valence electrons. The summed E-state index contributed by atoms with van der Waals surface area (Å²) in [5.41, 5.74) is -2.57. The van der Waals surface area contributed by atoms with Gasteiger partial charge in [0.15, 0.2) is 12.1 Å². The molecule has 2 fully saturated rings. The van der Waals surface area contributed by atoms with Crippen molar-refractivity contribution in [1.82, 2.24) is 4.90 Å².